The van der Waals surface area contributed by atoms with Crippen LogP contribution in [0.1, 0.15) is 69.4 Å². The fourth-order valence-corrected chi connectivity index (χ4v) is 5.80. The molecule has 0 heterocycles. The van der Waals surface area contributed by atoms with Gasteiger partial charge in [0.15, 0.2) is 11.4 Å². The molecule has 0 saturated heterocycles. The number of hydrogen-bond donors (Lipinski definition) is 6. The van der Waals surface area contributed by atoms with Crippen LogP contribution >= 0.6 is 0 Å². The number of rotatable bonds is 1. The van der Waals surface area contributed by atoms with Crippen molar-refractivity contribution in [1.29, 1.82) is 0 Å². The third-order valence-electron chi connectivity index (χ3n) is 7.43. The Kier molecular flexibility index (Phi) is 5.78. The van der Waals surface area contributed by atoms with Gasteiger partial charge < -0.3 is 31.3 Å². The number of amides is 1. The maximum absolute atomic E-state index is 13.9. The van der Waals surface area contributed by atoms with E-state index in [-0.39, 0.29) is 11.3 Å². The van der Waals surface area contributed by atoms with Gasteiger partial charge in [0.25, 0.3) is 5.91 Å². The van der Waals surface area contributed by atoms with Gasteiger partial charge in [-0.15, -0.1) is 0 Å². The van der Waals surface area contributed by atoms with E-state index in [1.54, 1.807) is 18.2 Å². The number of Topliss-reactive ketones (excluding diaryl/α,β-unsaturated/α-hetero) is 2. The Morgan fingerprint density at radius 1 is 1.08 bits per heavy atom. The van der Waals surface area contributed by atoms with Crippen molar-refractivity contribution in [1.82, 2.24) is 0 Å². The highest BCUT2D eigenvalue weighted by molar-refractivity contribution is 6.25. The van der Waals surface area contributed by atoms with E-state index in [1.807, 2.05) is 41.5 Å². The van der Waals surface area contributed by atoms with Crippen molar-refractivity contribution in [2.24, 2.45) is 23.0 Å². The van der Waals surface area contributed by atoms with Crippen LogP contribution in [-0.2, 0) is 15.0 Å². The van der Waals surface area contributed by atoms with Gasteiger partial charge in [0.1, 0.15) is 22.8 Å². The van der Waals surface area contributed by atoms with Crippen LogP contribution in [0.2, 0.25) is 0 Å². The lowest BCUT2D eigenvalue weighted by molar-refractivity contribution is -0.152. The van der Waals surface area contributed by atoms with Gasteiger partial charge in [-0.2, -0.15) is 0 Å². The Hall–Kier alpha value is -3.43. The molecule has 0 spiro atoms. The first-order chi connectivity index (χ1) is 16.8. The van der Waals surface area contributed by atoms with E-state index >= 15 is 0 Å². The number of hydrogen-bond acceptors (Lipinski definition) is 8. The molecule has 9 heteroatoms. The SMILES string of the molecule is CC(C)(C)/C=C1\c2ccc(C(C)(C)C)c(O)c2C(=O)C2=C(O)C3(O)C(=O)C(C(N)=O)=C(O)CC3C(O)C21. The first kappa shape index (κ1) is 26.6. The second-order valence-electron chi connectivity index (χ2n) is 12.3. The average molecular weight is 512 g/mol. The quantitative estimate of drug-likeness (QED) is 0.312. The zero-order chi connectivity index (χ0) is 28.0. The van der Waals surface area contributed by atoms with Crippen LogP contribution < -0.4 is 5.73 Å². The molecule has 0 aromatic heterocycles. The van der Waals surface area contributed by atoms with Crippen molar-refractivity contribution in [3.8, 4) is 5.75 Å². The summed E-state index contributed by atoms with van der Waals surface area (Å²) in [6, 6.07) is 3.39. The Labute approximate surface area is 214 Å². The van der Waals surface area contributed by atoms with Crippen LogP contribution in [0.4, 0.5) is 0 Å². The summed E-state index contributed by atoms with van der Waals surface area (Å²) in [5, 5.41) is 56.1. The summed E-state index contributed by atoms with van der Waals surface area (Å²) in [6.07, 6.45) is -0.352. The molecule has 4 rings (SSSR count). The molecule has 7 N–H and O–H groups in total. The monoisotopic (exact) mass is 511 g/mol. The lowest BCUT2D eigenvalue weighted by Gasteiger charge is -2.49. The largest absolute Gasteiger partial charge is 0.511 e. The van der Waals surface area contributed by atoms with Crippen molar-refractivity contribution >= 4 is 23.0 Å². The van der Waals surface area contributed by atoms with E-state index in [0.717, 1.165) is 0 Å². The lowest BCUT2D eigenvalue weighted by Crippen LogP contribution is -2.62. The number of allylic oxidation sites excluding steroid dienone is 2. The van der Waals surface area contributed by atoms with Crippen molar-refractivity contribution < 1.29 is 39.9 Å². The molecule has 1 aromatic rings. The minimum absolute atomic E-state index is 0.119. The van der Waals surface area contributed by atoms with Crippen LogP contribution in [0.15, 0.2) is 40.9 Å². The molecule has 1 amide bonds. The summed E-state index contributed by atoms with van der Waals surface area (Å²) in [7, 11) is 0. The molecule has 37 heavy (non-hydrogen) atoms. The highest BCUT2D eigenvalue weighted by atomic mass is 16.4. The third-order valence-corrected chi connectivity index (χ3v) is 7.43. The van der Waals surface area contributed by atoms with E-state index in [2.05, 4.69) is 0 Å². The van der Waals surface area contributed by atoms with E-state index < -0.39 is 80.9 Å². The molecule has 0 radical (unpaired) electrons. The summed E-state index contributed by atoms with van der Waals surface area (Å²) in [4.78, 5) is 39.0. The fraction of sp³-hybridized carbons (Fsp3) is 0.464. The van der Waals surface area contributed by atoms with Gasteiger partial charge in [-0.3, -0.25) is 14.4 Å². The first-order valence-electron chi connectivity index (χ1n) is 12.1. The number of aromatic hydroxyl groups is 1. The summed E-state index contributed by atoms with van der Waals surface area (Å²) < 4.78 is 0. The van der Waals surface area contributed by atoms with Crippen molar-refractivity contribution in [3.63, 3.8) is 0 Å². The van der Waals surface area contributed by atoms with Gasteiger partial charge in [-0.1, -0.05) is 59.8 Å². The zero-order valence-corrected chi connectivity index (χ0v) is 21.7. The fourth-order valence-electron chi connectivity index (χ4n) is 5.80. The summed E-state index contributed by atoms with van der Waals surface area (Å²) in [5.41, 5.74) is 1.12. The number of carbonyl (C=O) groups is 3. The van der Waals surface area contributed by atoms with Crippen LogP contribution in [0.25, 0.3) is 5.57 Å². The second kappa shape index (κ2) is 8.03. The minimum atomic E-state index is -2.88. The van der Waals surface area contributed by atoms with Crippen LogP contribution in [-0.4, -0.2) is 54.7 Å². The number of aliphatic hydroxyl groups excluding tert-OH is 3. The van der Waals surface area contributed by atoms with Gasteiger partial charge in [-0.25, -0.2) is 0 Å². The summed E-state index contributed by atoms with van der Waals surface area (Å²) in [6.45, 7) is 11.3. The molecule has 3 aliphatic rings. The van der Waals surface area contributed by atoms with Gasteiger partial charge in [0.2, 0.25) is 5.78 Å². The topological polar surface area (TPSA) is 178 Å². The van der Waals surface area contributed by atoms with Crippen molar-refractivity contribution in [2.45, 2.75) is 65.1 Å². The van der Waals surface area contributed by atoms with Gasteiger partial charge >= 0.3 is 0 Å². The van der Waals surface area contributed by atoms with Gasteiger partial charge in [-0.05, 0) is 22.0 Å². The normalized spacial score (nSPS) is 29.3. The molecule has 0 fully saturated rings. The maximum atomic E-state index is 13.9. The number of carbonyl (C=O) groups excluding carboxylic acids is 3. The molecule has 4 unspecified atom stereocenters. The third kappa shape index (κ3) is 3.71. The van der Waals surface area contributed by atoms with Gasteiger partial charge in [0.05, 0.1) is 17.2 Å². The predicted molar refractivity (Wildman–Crippen MR) is 135 cm³/mol. The molecule has 4 atom stereocenters. The van der Waals surface area contributed by atoms with Crippen LogP contribution in [0.5, 0.6) is 5.75 Å². The molecular weight excluding hydrogens is 478 g/mol. The molecule has 0 aliphatic heterocycles. The first-order valence-corrected chi connectivity index (χ1v) is 12.1. The Bertz CT molecular complexity index is 1350. The Balaban J connectivity index is 2.10. The second-order valence-corrected chi connectivity index (χ2v) is 12.3. The van der Waals surface area contributed by atoms with Crippen molar-refractivity contribution in [2.75, 3.05) is 0 Å². The number of primary amides is 1. The van der Waals surface area contributed by atoms with E-state index in [0.29, 0.717) is 16.7 Å². The number of benzene rings is 1. The number of nitrogens with two attached hydrogens (primary N) is 1. The predicted octanol–water partition coefficient (Wildman–Crippen LogP) is 2.74. The minimum Gasteiger partial charge on any atom is -0.511 e. The number of fused-ring (bicyclic) bond motifs is 3. The molecule has 0 saturated carbocycles. The van der Waals surface area contributed by atoms with Crippen molar-refractivity contribution in [3.05, 3.63) is 57.6 Å². The standard InChI is InChI=1S/C28H33NO8/c1-26(2,3)10-12-11-7-8-13(27(4,5)6)20(31)17(11)22(33)19-16(12)21(32)14-9-15(30)18(25(29)36)23(34)28(14,37)24(19)35/h7-8,10,14,16,21,30-32,35,37H,9H2,1-6H3,(H2,29,36)/b12-10+. The zero-order valence-electron chi connectivity index (χ0n) is 21.7. The average Bonchev–Trinajstić information content (AvgIpc) is 2.74. The molecule has 198 valence electrons. The van der Waals surface area contributed by atoms with Gasteiger partial charge in [0, 0.05) is 23.8 Å². The highest BCUT2D eigenvalue weighted by Crippen LogP contribution is 2.56. The molecule has 0 bridgehead atoms. The Morgan fingerprint density at radius 2 is 1.68 bits per heavy atom. The molecule has 3 aliphatic carbocycles. The van der Waals surface area contributed by atoms with Crippen LogP contribution in [0.3, 0.4) is 0 Å². The highest BCUT2D eigenvalue weighted by Gasteiger charge is 2.64. The number of ketones is 2. The summed E-state index contributed by atoms with van der Waals surface area (Å²) >= 11 is 0. The number of phenolic OH excluding ortho intramolecular Hbond substituents is 1. The number of aliphatic hydroxyl groups is 4. The van der Waals surface area contributed by atoms with E-state index in [9.17, 15) is 39.9 Å². The molecule has 1 aromatic carbocycles. The lowest BCUT2D eigenvalue weighted by atomic mass is 9.57. The van der Waals surface area contributed by atoms with E-state index in [1.165, 1.54) is 0 Å². The number of phenols is 1. The van der Waals surface area contributed by atoms with E-state index in [4.69, 9.17) is 5.73 Å². The van der Waals surface area contributed by atoms with Crippen LogP contribution in [0, 0.1) is 17.3 Å². The maximum Gasteiger partial charge on any atom is 0.255 e. The molecule has 9 nitrogen and oxygen atoms in total. The summed E-state index contributed by atoms with van der Waals surface area (Å²) in [5.74, 6) is -8.27. The Morgan fingerprint density at radius 3 is 2.19 bits per heavy atom. The molecular formula is C28H33NO8. The smallest absolute Gasteiger partial charge is 0.255 e.